The number of carbonyl (C=O) groups is 1. The van der Waals surface area contributed by atoms with E-state index < -0.39 is 0 Å². The minimum atomic E-state index is -0.371. The first-order valence-electron chi connectivity index (χ1n) is 9.34. The molecule has 6 heteroatoms. The molecule has 1 heterocycles. The molecule has 0 aliphatic heterocycles. The Kier molecular flexibility index (Phi) is 6.12. The van der Waals surface area contributed by atoms with Crippen LogP contribution >= 0.6 is 23.1 Å². The third kappa shape index (κ3) is 4.78. The maximum absolute atomic E-state index is 13.2. The number of hydrogen-bond donors (Lipinski definition) is 1. The highest BCUT2D eigenvalue weighted by Gasteiger charge is 2.23. The lowest BCUT2D eigenvalue weighted by Crippen LogP contribution is -2.18. The fourth-order valence-corrected chi connectivity index (χ4v) is 4.86. The van der Waals surface area contributed by atoms with Crippen molar-refractivity contribution in [3.63, 3.8) is 0 Å². The Bertz CT molecular complexity index is 1100. The Balaban J connectivity index is 1.58. The average Bonchev–Trinajstić information content (AvgIpc) is 3.15. The van der Waals surface area contributed by atoms with Gasteiger partial charge in [-0.15, -0.1) is 11.8 Å². The van der Waals surface area contributed by atoms with Crippen molar-refractivity contribution in [2.75, 3.05) is 11.9 Å². The molecule has 0 radical (unpaired) electrons. The van der Waals surface area contributed by atoms with Crippen LogP contribution in [-0.4, -0.2) is 17.5 Å². The van der Waals surface area contributed by atoms with Crippen LogP contribution in [0, 0.1) is 0 Å². The summed E-state index contributed by atoms with van der Waals surface area (Å²) < 4.78 is 6.54. The molecule has 0 aliphatic rings. The molecule has 146 valence electrons. The number of ether oxygens (including phenoxy) is 1. The van der Waals surface area contributed by atoms with E-state index in [1.54, 1.807) is 0 Å². The van der Waals surface area contributed by atoms with Gasteiger partial charge in [-0.3, -0.25) is 4.79 Å². The number of hydrogen-bond acceptors (Lipinski definition) is 5. The third-order valence-electron chi connectivity index (χ3n) is 4.24. The maximum atomic E-state index is 13.2. The molecular weight excluding hydrogens is 400 g/mol. The predicted molar refractivity (Wildman–Crippen MR) is 121 cm³/mol. The van der Waals surface area contributed by atoms with Crippen LogP contribution in [0.15, 0.2) is 83.8 Å². The number of thioether (sulfide) groups is 1. The zero-order valence-electron chi connectivity index (χ0n) is 15.9. The van der Waals surface area contributed by atoms with Gasteiger partial charge in [-0.25, -0.2) is 4.98 Å². The number of benzene rings is 3. The molecule has 0 saturated carbocycles. The normalized spacial score (nSPS) is 11.9. The SMILES string of the molecule is CCOc1ccc2nc(NC(=O)[C@H](Sc3ccccc3)c3ccccc3)sc2c1. The number of carbonyl (C=O) groups excluding carboxylic acids is 1. The Morgan fingerprint density at radius 2 is 1.79 bits per heavy atom. The van der Waals surface area contributed by atoms with Crippen molar-refractivity contribution >= 4 is 44.4 Å². The van der Waals surface area contributed by atoms with Gasteiger partial charge in [-0.2, -0.15) is 0 Å². The topological polar surface area (TPSA) is 51.2 Å². The number of aromatic nitrogens is 1. The Morgan fingerprint density at radius 1 is 1.07 bits per heavy atom. The van der Waals surface area contributed by atoms with Crippen molar-refractivity contribution in [2.45, 2.75) is 17.1 Å². The van der Waals surface area contributed by atoms with E-state index in [0.29, 0.717) is 11.7 Å². The lowest BCUT2D eigenvalue weighted by atomic mass is 10.1. The van der Waals surface area contributed by atoms with Crippen molar-refractivity contribution < 1.29 is 9.53 Å². The fourth-order valence-electron chi connectivity index (χ4n) is 2.92. The van der Waals surface area contributed by atoms with E-state index in [4.69, 9.17) is 4.74 Å². The van der Waals surface area contributed by atoms with Crippen molar-refractivity contribution in [3.8, 4) is 5.75 Å². The summed E-state index contributed by atoms with van der Waals surface area (Å²) >= 11 is 2.98. The Hall–Kier alpha value is -2.83. The van der Waals surface area contributed by atoms with E-state index >= 15 is 0 Å². The molecule has 0 aliphatic carbocycles. The van der Waals surface area contributed by atoms with Crippen LogP contribution in [0.2, 0.25) is 0 Å². The van der Waals surface area contributed by atoms with Crippen molar-refractivity contribution in [2.24, 2.45) is 0 Å². The number of fused-ring (bicyclic) bond motifs is 1. The molecule has 1 atom stereocenters. The van der Waals surface area contributed by atoms with Crippen molar-refractivity contribution in [3.05, 3.63) is 84.4 Å². The zero-order chi connectivity index (χ0) is 20.1. The Labute approximate surface area is 177 Å². The van der Waals surface area contributed by atoms with E-state index in [-0.39, 0.29) is 11.2 Å². The second-order valence-corrected chi connectivity index (χ2v) is 8.50. The first kappa shape index (κ1) is 19.5. The van der Waals surface area contributed by atoms with E-state index in [2.05, 4.69) is 10.3 Å². The molecule has 1 amide bonds. The highest BCUT2D eigenvalue weighted by atomic mass is 32.2. The summed E-state index contributed by atoms with van der Waals surface area (Å²) in [4.78, 5) is 18.8. The molecule has 4 rings (SSSR count). The van der Waals surface area contributed by atoms with Gasteiger partial charge >= 0.3 is 0 Å². The lowest BCUT2D eigenvalue weighted by molar-refractivity contribution is -0.115. The van der Waals surface area contributed by atoms with Gasteiger partial charge in [0.05, 0.1) is 16.8 Å². The van der Waals surface area contributed by atoms with Gasteiger partial charge < -0.3 is 10.1 Å². The summed E-state index contributed by atoms with van der Waals surface area (Å²) in [5.74, 6) is 0.720. The maximum Gasteiger partial charge on any atom is 0.244 e. The molecule has 3 aromatic carbocycles. The molecule has 29 heavy (non-hydrogen) atoms. The van der Waals surface area contributed by atoms with Crippen LogP contribution in [0.25, 0.3) is 10.2 Å². The summed E-state index contributed by atoms with van der Waals surface area (Å²) in [5.41, 5.74) is 1.80. The molecule has 1 N–H and O–H groups in total. The van der Waals surface area contributed by atoms with Crippen LogP contribution in [-0.2, 0) is 4.79 Å². The van der Waals surface area contributed by atoms with Crippen molar-refractivity contribution in [1.82, 2.24) is 4.98 Å². The average molecular weight is 421 g/mol. The second kappa shape index (κ2) is 9.11. The van der Waals surface area contributed by atoms with Crippen LogP contribution < -0.4 is 10.1 Å². The molecule has 4 nitrogen and oxygen atoms in total. The summed E-state index contributed by atoms with van der Waals surface area (Å²) in [6, 6.07) is 25.5. The first-order chi connectivity index (χ1) is 14.2. The summed E-state index contributed by atoms with van der Waals surface area (Å²) in [5, 5.41) is 3.23. The van der Waals surface area contributed by atoms with Gasteiger partial charge in [0, 0.05) is 4.90 Å². The third-order valence-corrected chi connectivity index (χ3v) is 6.44. The quantitative estimate of drug-likeness (QED) is 0.363. The van der Waals surface area contributed by atoms with Crippen LogP contribution in [0.5, 0.6) is 5.75 Å². The predicted octanol–water partition coefficient (Wildman–Crippen LogP) is 6.17. The lowest BCUT2D eigenvalue weighted by Gasteiger charge is -2.16. The molecule has 0 spiro atoms. The second-order valence-electron chi connectivity index (χ2n) is 6.29. The van der Waals surface area contributed by atoms with Crippen molar-refractivity contribution in [1.29, 1.82) is 0 Å². The number of thiazole rings is 1. The number of nitrogens with zero attached hydrogens (tertiary/aromatic N) is 1. The fraction of sp³-hybridized carbons (Fsp3) is 0.130. The summed E-state index contributed by atoms with van der Waals surface area (Å²) in [7, 11) is 0. The number of amides is 1. The molecular formula is C23H20N2O2S2. The van der Waals surface area contributed by atoms with E-state index in [1.165, 1.54) is 23.1 Å². The molecule has 0 unspecified atom stereocenters. The largest absolute Gasteiger partial charge is 0.494 e. The number of anilines is 1. The molecule has 1 aromatic heterocycles. The summed E-state index contributed by atoms with van der Waals surface area (Å²) in [6.45, 7) is 2.57. The van der Waals surface area contributed by atoms with Gasteiger partial charge in [-0.1, -0.05) is 59.9 Å². The monoisotopic (exact) mass is 420 g/mol. The minimum absolute atomic E-state index is 0.0888. The van der Waals surface area contributed by atoms with Gasteiger partial charge in [0.25, 0.3) is 0 Å². The van der Waals surface area contributed by atoms with Crippen LogP contribution in [0.1, 0.15) is 17.7 Å². The van der Waals surface area contributed by atoms with Gasteiger partial charge in [0.2, 0.25) is 5.91 Å². The zero-order valence-corrected chi connectivity index (χ0v) is 17.5. The van der Waals surface area contributed by atoms with Gasteiger partial charge in [0.1, 0.15) is 11.0 Å². The molecule has 0 bridgehead atoms. The number of nitrogens with one attached hydrogen (secondary N) is 1. The smallest absolute Gasteiger partial charge is 0.244 e. The van der Waals surface area contributed by atoms with Gasteiger partial charge in [0.15, 0.2) is 5.13 Å². The molecule has 0 fully saturated rings. The van der Waals surface area contributed by atoms with E-state index in [0.717, 1.165) is 26.4 Å². The Morgan fingerprint density at radius 3 is 2.52 bits per heavy atom. The highest BCUT2D eigenvalue weighted by Crippen LogP contribution is 2.37. The van der Waals surface area contributed by atoms with E-state index in [9.17, 15) is 4.79 Å². The van der Waals surface area contributed by atoms with Gasteiger partial charge in [-0.05, 0) is 42.8 Å². The number of rotatable bonds is 7. The highest BCUT2D eigenvalue weighted by molar-refractivity contribution is 8.00. The van der Waals surface area contributed by atoms with Crippen LogP contribution in [0.4, 0.5) is 5.13 Å². The minimum Gasteiger partial charge on any atom is -0.494 e. The van der Waals surface area contributed by atoms with Crippen LogP contribution in [0.3, 0.4) is 0 Å². The molecule has 4 aromatic rings. The summed E-state index contributed by atoms with van der Waals surface area (Å²) in [6.07, 6.45) is 0. The standard InChI is InChI=1S/C23H20N2O2S2/c1-2-27-17-13-14-19-20(15-17)29-23(24-19)25-22(26)21(16-9-5-3-6-10-16)28-18-11-7-4-8-12-18/h3-15,21H,2H2,1H3,(H,24,25,26)/t21-/m1/s1. The first-order valence-corrected chi connectivity index (χ1v) is 11.0. The molecule has 0 saturated heterocycles. The van der Waals surface area contributed by atoms with E-state index in [1.807, 2.05) is 85.8 Å².